The quantitative estimate of drug-likeness (QED) is 0.325. The first-order chi connectivity index (χ1) is 17.8. The number of hydrogen-bond donors (Lipinski definition) is 3. The van der Waals surface area contributed by atoms with E-state index >= 15 is 0 Å². The van der Waals surface area contributed by atoms with Crippen molar-refractivity contribution in [1.29, 1.82) is 0 Å². The highest BCUT2D eigenvalue weighted by Gasteiger charge is 2.25. The zero-order valence-corrected chi connectivity index (χ0v) is 20.1. The Morgan fingerprint density at radius 2 is 1.46 bits per heavy atom. The summed E-state index contributed by atoms with van der Waals surface area (Å²) in [6, 6.07) is 26.5. The Hall–Kier alpha value is -4.80. The first-order valence-electron chi connectivity index (χ1n) is 11.3. The van der Waals surface area contributed by atoms with E-state index in [2.05, 4.69) is 5.32 Å². The molecule has 0 radical (unpaired) electrons. The zero-order valence-electron chi connectivity index (χ0n) is 19.3. The van der Waals surface area contributed by atoms with Gasteiger partial charge in [0.05, 0.1) is 15.9 Å². The van der Waals surface area contributed by atoms with Crippen molar-refractivity contribution in [2.45, 2.75) is 4.90 Å². The first-order valence-corrected chi connectivity index (χ1v) is 12.8. The van der Waals surface area contributed by atoms with Crippen molar-refractivity contribution in [3.8, 4) is 5.69 Å². The number of aromatic nitrogens is 3. The Kier molecular flexibility index (Phi) is 5.14. The third-order valence-corrected chi connectivity index (χ3v) is 7.12. The van der Waals surface area contributed by atoms with Gasteiger partial charge < -0.3 is 11.1 Å². The fraction of sp³-hybridized carbons (Fsp3) is 0. The smallest absolute Gasteiger partial charge is 0.261 e. The number of nitrogen functional groups attached to an aromatic ring is 1. The summed E-state index contributed by atoms with van der Waals surface area (Å²) in [4.78, 5) is 23.1. The number of para-hydroxylation sites is 2. The molecule has 0 fully saturated rings. The van der Waals surface area contributed by atoms with Crippen LogP contribution in [0.5, 0.6) is 0 Å². The second kappa shape index (κ2) is 8.40. The van der Waals surface area contributed by atoms with E-state index in [0.29, 0.717) is 33.6 Å². The van der Waals surface area contributed by atoms with Gasteiger partial charge in [-0.2, -0.15) is 0 Å². The number of carbonyl (C=O) groups excluding carboxylic acids is 1. The van der Waals surface area contributed by atoms with Crippen molar-refractivity contribution in [3.63, 3.8) is 0 Å². The minimum absolute atomic E-state index is 0.0447. The van der Waals surface area contributed by atoms with E-state index in [-0.39, 0.29) is 16.3 Å². The lowest BCUT2D eigenvalue weighted by molar-refractivity contribution is 0.102. The topological polar surface area (TPSA) is 146 Å². The standard InChI is InChI=1S/C27H20N6O3S/c28-25-23(27(34)32-20-11-5-7-16-6-1-2-8-19(16)20)24-26(31-22-10-4-3-9-21(22)30-24)33(25)17-12-14-18(15-13-17)37(29,35)36/h1-15H,28H2,(H,32,34)(H2,29,35,36). The van der Waals surface area contributed by atoms with Gasteiger partial charge >= 0.3 is 0 Å². The fourth-order valence-corrected chi connectivity index (χ4v) is 4.97. The highest BCUT2D eigenvalue weighted by Crippen LogP contribution is 2.32. The third-order valence-electron chi connectivity index (χ3n) is 6.19. The summed E-state index contributed by atoms with van der Waals surface area (Å²) >= 11 is 0. The lowest BCUT2D eigenvalue weighted by Crippen LogP contribution is -2.15. The number of nitrogens with zero attached hydrogens (tertiary/aromatic N) is 3. The molecule has 1 amide bonds. The number of fused-ring (bicyclic) bond motifs is 3. The van der Waals surface area contributed by atoms with Crippen LogP contribution in [-0.4, -0.2) is 28.9 Å². The molecule has 0 bridgehead atoms. The molecule has 0 saturated carbocycles. The summed E-state index contributed by atoms with van der Waals surface area (Å²) in [5.74, 6) is -0.324. The molecule has 182 valence electrons. The normalized spacial score (nSPS) is 11.8. The summed E-state index contributed by atoms with van der Waals surface area (Å²) in [7, 11) is -3.88. The molecule has 37 heavy (non-hydrogen) atoms. The third kappa shape index (κ3) is 3.84. The maximum absolute atomic E-state index is 13.7. The van der Waals surface area contributed by atoms with Gasteiger partial charge in [-0.15, -0.1) is 0 Å². The van der Waals surface area contributed by atoms with Gasteiger partial charge in [-0.25, -0.2) is 23.5 Å². The summed E-state index contributed by atoms with van der Waals surface area (Å²) < 4.78 is 25.1. The van der Waals surface area contributed by atoms with Crippen LogP contribution in [0.3, 0.4) is 0 Å². The number of nitrogens with one attached hydrogen (secondary N) is 1. The number of hydrogen-bond acceptors (Lipinski definition) is 6. The minimum Gasteiger partial charge on any atom is -0.384 e. The molecule has 2 aromatic heterocycles. The van der Waals surface area contributed by atoms with Crippen LogP contribution in [0.15, 0.2) is 95.9 Å². The molecule has 6 aromatic rings. The Labute approximate surface area is 211 Å². The number of sulfonamides is 1. The molecule has 0 spiro atoms. The van der Waals surface area contributed by atoms with Gasteiger partial charge in [-0.1, -0.05) is 48.5 Å². The van der Waals surface area contributed by atoms with Crippen molar-refractivity contribution in [3.05, 3.63) is 96.6 Å². The van der Waals surface area contributed by atoms with Gasteiger partial charge in [0.2, 0.25) is 10.0 Å². The van der Waals surface area contributed by atoms with Gasteiger partial charge in [0.25, 0.3) is 5.91 Å². The highest BCUT2D eigenvalue weighted by molar-refractivity contribution is 7.89. The maximum Gasteiger partial charge on any atom is 0.261 e. The molecule has 4 aromatic carbocycles. The SMILES string of the molecule is Nc1c(C(=O)Nc2cccc3ccccc23)c2nc3ccccc3nc2n1-c1ccc(S(N)(=O)=O)cc1. The van der Waals surface area contributed by atoms with E-state index in [0.717, 1.165) is 10.8 Å². The van der Waals surface area contributed by atoms with Crippen molar-refractivity contribution in [2.75, 3.05) is 11.1 Å². The van der Waals surface area contributed by atoms with E-state index in [1.165, 1.54) is 12.1 Å². The van der Waals surface area contributed by atoms with Gasteiger partial charge in [-0.3, -0.25) is 9.36 Å². The first kappa shape index (κ1) is 22.7. The highest BCUT2D eigenvalue weighted by atomic mass is 32.2. The monoisotopic (exact) mass is 508 g/mol. The van der Waals surface area contributed by atoms with Crippen molar-refractivity contribution in [2.24, 2.45) is 5.14 Å². The van der Waals surface area contributed by atoms with Gasteiger partial charge in [0.15, 0.2) is 5.65 Å². The molecule has 6 rings (SSSR count). The molecular formula is C27H20N6O3S. The number of anilines is 2. The van der Waals surface area contributed by atoms with E-state index in [1.54, 1.807) is 16.7 Å². The summed E-state index contributed by atoms with van der Waals surface area (Å²) in [5.41, 5.74) is 9.80. The summed E-state index contributed by atoms with van der Waals surface area (Å²) in [6.07, 6.45) is 0. The average Bonchev–Trinajstić information content (AvgIpc) is 3.17. The van der Waals surface area contributed by atoms with Crippen LogP contribution in [0.2, 0.25) is 0 Å². The minimum atomic E-state index is -3.88. The largest absolute Gasteiger partial charge is 0.384 e. The van der Waals surface area contributed by atoms with Gasteiger partial charge in [0.1, 0.15) is 16.9 Å². The van der Waals surface area contributed by atoms with E-state index < -0.39 is 15.9 Å². The van der Waals surface area contributed by atoms with Crippen LogP contribution in [-0.2, 0) is 10.0 Å². The molecule has 0 aliphatic rings. The van der Waals surface area contributed by atoms with E-state index in [9.17, 15) is 13.2 Å². The van der Waals surface area contributed by atoms with Crippen LogP contribution in [0.1, 0.15) is 10.4 Å². The number of primary sulfonamides is 1. The second-order valence-corrected chi connectivity index (χ2v) is 10.1. The van der Waals surface area contributed by atoms with E-state index in [1.807, 2.05) is 66.7 Å². The van der Waals surface area contributed by atoms with Crippen LogP contribution >= 0.6 is 0 Å². The molecule has 0 unspecified atom stereocenters. The molecule has 0 aliphatic carbocycles. The average molecular weight is 509 g/mol. The number of amides is 1. The predicted molar refractivity (Wildman–Crippen MR) is 144 cm³/mol. The Balaban J connectivity index is 1.56. The zero-order chi connectivity index (χ0) is 25.7. The molecule has 5 N–H and O–H groups in total. The van der Waals surface area contributed by atoms with Gasteiger partial charge in [0, 0.05) is 16.8 Å². The molecule has 9 nitrogen and oxygen atoms in total. The van der Waals surface area contributed by atoms with Crippen molar-refractivity contribution >= 4 is 60.4 Å². The lowest BCUT2D eigenvalue weighted by atomic mass is 10.1. The van der Waals surface area contributed by atoms with Crippen LogP contribution in [0.25, 0.3) is 38.7 Å². The summed E-state index contributed by atoms with van der Waals surface area (Å²) in [6.45, 7) is 0. The molecule has 2 heterocycles. The van der Waals surface area contributed by atoms with Crippen LogP contribution < -0.4 is 16.2 Å². The Morgan fingerprint density at radius 3 is 2.19 bits per heavy atom. The lowest BCUT2D eigenvalue weighted by Gasteiger charge is -2.10. The fourth-order valence-electron chi connectivity index (χ4n) is 4.45. The molecule has 0 atom stereocenters. The number of carbonyl (C=O) groups is 1. The summed E-state index contributed by atoms with van der Waals surface area (Å²) in [5, 5.41) is 10.1. The predicted octanol–water partition coefficient (Wildman–Crippen LogP) is 4.21. The van der Waals surface area contributed by atoms with Gasteiger partial charge in [-0.05, 0) is 47.9 Å². The maximum atomic E-state index is 13.7. The number of rotatable bonds is 4. The molecule has 10 heteroatoms. The van der Waals surface area contributed by atoms with Crippen LogP contribution in [0, 0.1) is 0 Å². The number of nitrogens with two attached hydrogens (primary N) is 2. The molecular weight excluding hydrogens is 488 g/mol. The Morgan fingerprint density at radius 1 is 0.811 bits per heavy atom. The van der Waals surface area contributed by atoms with Crippen molar-refractivity contribution in [1.82, 2.24) is 14.5 Å². The Bertz CT molecular complexity index is 1960. The second-order valence-electron chi connectivity index (χ2n) is 8.50. The molecule has 0 aliphatic heterocycles. The molecule has 0 saturated heterocycles. The van der Waals surface area contributed by atoms with E-state index in [4.69, 9.17) is 20.8 Å². The van der Waals surface area contributed by atoms with Crippen molar-refractivity contribution < 1.29 is 13.2 Å². The van der Waals surface area contributed by atoms with Crippen LogP contribution in [0.4, 0.5) is 11.5 Å². The number of benzene rings is 4.